The molecule has 0 heterocycles. The lowest BCUT2D eigenvalue weighted by Crippen LogP contribution is -2.31. The van der Waals surface area contributed by atoms with Crippen LogP contribution in [0, 0.1) is 10.1 Å². The van der Waals surface area contributed by atoms with E-state index >= 15 is 0 Å². The molecule has 27 heavy (non-hydrogen) atoms. The Balaban J connectivity index is 2.08. The van der Waals surface area contributed by atoms with Crippen molar-refractivity contribution in [3.63, 3.8) is 0 Å². The van der Waals surface area contributed by atoms with Crippen molar-refractivity contribution in [2.24, 2.45) is 0 Å². The molecule has 2 rings (SSSR count). The van der Waals surface area contributed by atoms with Gasteiger partial charge in [-0.3, -0.25) is 14.9 Å². The van der Waals surface area contributed by atoms with Crippen LogP contribution in [0.1, 0.15) is 18.6 Å². The van der Waals surface area contributed by atoms with Crippen LogP contribution in [0.4, 0.5) is 5.69 Å². The van der Waals surface area contributed by atoms with E-state index in [0.717, 1.165) is 17.7 Å². The minimum atomic E-state index is -4.30. The highest BCUT2D eigenvalue weighted by Crippen LogP contribution is 2.28. The van der Waals surface area contributed by atoms with Gasteiger partial charge >= 0.3 is 5.97 Å². The van der Waals surface area contributed by atoms with Gasteiger partial charge in [-0.05, 0) is 24.6 Å². The smallest absolute Gasteiger partial charge is 0.321 e. The summed E-state index contributed by atoms with van der Waals surface area (Å²) in [5.41, 5.74) is 0.0902. The van der Waals surface area contributed by atoms with E-state index in [4.69, 9.17) is 9.47 Å². The molecule has 0 spiro atoms. The van der Waals surface area contributed by atoms with Gasteiger partial charge in [0.1, 0.15) is 18.4 Å². The van der Waals surface area contributed by atoms with E-state index < -0.39 is 44.1 Å². The molecule has 0 saturated heterocycles. The fourth-order valence-electron chi connectivity index (χ4n) is 2.26. The molecule has 0 bridgehead atoms. The van der Waals surface area contributed by atoms with Crippen LogP contribution < -0.4 is 9.46 Å². The second-order valence-electron chi connectivity index (χ2n) is 5.46. The monoisotopic (exact) mass is 394 g/mol. The average molecular weight is 394 g/mol. The molecule has 0 aliphatic rings. The largest absolute Gasteiger partial charge is 0.497 e. The Hall–Kier alpha value is -2.98. The second-order valence-corrected chi connectivity index (χ2v) is 7.19. The number of methoxy groups -OCH3 is 1. The van der Waals surface area contributed by atoms with Gasteiger partial charge in [0, 0.05) is 0 Å². The van der Waals surface area contributed by atoms with E-state index in [-0.39, 0.29) is 5.75 Å². The average Bonchev–Trinajstić information content (AvgIpc) is 2.66. The number of nitro groups is 1. The van der Waals surface area contributed by atoms with Crippen LogP contribution in [-0.4, -0.2) is 33.0 Å². The van der Waals surface area contributed by atoms with Gasteiger partial charge < -0.3 is 9.47 Å². The zero-order valence-corrected chi connectivity index (χ0v) is 15.4. The van der Waals surface area contributed by atoms with Crippen molar-refractivity contribution in [1.29, 1.82) is 0 Å². The molecule has 0 aliphatic carbocycles. The van der Waals surface area contributed by atoms with Gasteiger partial charge in [-0.15, -0.1) is 0 Å². The topological polar surface area (TPSA) is 125 Å². The molecule has 0 amide bonds. The first-order valence-electron chi connectivity index (χ1n) is 7.81. The van der Waals surface area contributed by atoms with E-state index in [2.05, 4.69) is 0 Å². The molecule has 0 aliphatic heterocycles. The summed E-state index contributed by atoms with van der Waals surface area (Å²) in [6.07, 6.45) is -0.571. The van der Waals surface area contributed by atoms with Gasteiger partial charge in [0.05, 0.1) is 18.1 Å². The van der Waals surface area contributed by atoms with Crippen molar-refractivity contribution < 1.29 is 27.6 Å². The summed E-state index contributed by atoms with van der Waals surface area (Å²) in [4.78, 5) is 21.7. The highest BCUT2D eigenvalue weighted by molar-refractivity contribution is 7.89. The van der Waals surface area contributed by atoms with Crippen molar-refractivity contribution in [3.05, 3.63) is 64.2 Å². The molecular formula is C17H18N2O7S. The number of rotatable bonds is 8. The van der Waals surface area contributed by atoms with Gasteiger partial charge in [-0.25, -0.2) is 8.42 Å². The maximum atomic E-state index is 12.4. The standard InChI is InChI=1S/C17H18N2O7S/c1-12(13-6-4-3-5-7-13)26-17(20)11-18-27(23,24)16-9-8-14(25-2)10-15(16)19(21)22/h3-10,12,18H,11H2,1-2H3/t12-/m0/s1. The third-order valence-corrected chi connectivity index (χ3v) is 5.08. The van der Waals surface area contributed by atoms with Gasteiger partial charge in [0.2, 0.25) is 10.0 Å². The number of nitro benzene ring substituents is 1. The minimum Gasteiger partial charge on any atom is -0.497 e. The normalized spacial score (nSPS) is 12.2. The number of ether oxygens (including phenoxy) is 2. The number of sulfonamides is 1. The Morgan fingerprint density at radius 1 is 1.22 bits per heavy atom. The zero-order valence-electron chi connectivity index (χ0n) is 14.6. The van der Waals surface area contributed by atoms with Crippen molar-refractivity contribution in [2.75, 3.05) is 13.7 Å². The minimum absolute atomic E-state index is 0.136. The summed E-state index contributed by atoms with van der Waals surface area (Å²) in [5.74, 6) is -0.678. The summed E-state index contributed by atoms with van der Waals surface area (Å²) in [5, 5.41) is 11.1. The Morgan fingerprint density at radius 2 is 1.89 bits per heavy atom. The fourth-order valence-corrected chi connectivity index (χ4v) is 3.38. The maximum absolute atomic E-state index is 12.4. The van der Waals surface area contributed by atoms with Crippen LogP contribution in [0.2, 0.25) is 0 Å². The van der Waals surface area contributed by atoms with Crippen LogP contribution in [0.15, 0.2) is 53.4 Å². The molecule has 2 aromatic rings. The Bertz CT molecular complexity index is 930. The molecule has 0 fully saturated rings. The predicted molar refractivity (Wildman–Crippen MR) is 95.8 cm³/mol. The number of hydrogen-bond acceptors (Lipinski definition) is 7. The highest BCUT2D eigenvalue weighted by Gasteiger charge is 2.27. The molecule has 10 heteroatoms. The number of nitrogens with zero attached hydrogens (tertiary/aromatic N) is 1. The van der Waals surface area contributed by atoms with Crippen molar-refractivity contribution in [2.45, 2.75) is 17.9 Å². The molecule has 144 valence electrons. The first-order chi connectivity index (χ1) is 12.7. The van der Waals surface area contributed by atoms with E-state index in [9.17, 15) is 23.3 Å². The molecule has 2 aromatic carbocycles. The van der Waals surface area contributed by atoms with Gasteiger partial charge in [0.25, 0.3) is 5.69 Å². The highest BCUT2D eigenvalue weighted by atomic mass is 32.2. The number of carbonyl (C=O) groups excluding carboxylic acids is 1. The van der Waals surface area contributed by atoms with Crippen LogP contribution >= 0.6 is 0 Å². The van der Waals surface area contributed by atoms with Crippen molar-refractivity contribution >= 4 is 21.7 Å². The van der Waals surface area contributed by atoms with E-state index in [1.54, 1.807) is 31.2 Å². The third-order valence-electron chi connectivity index (χ3n) is 3.64. The Kier molecular flexibility index (Phi) is 6.48. The molecule has 1 atom stereocenters. The number of benzene rings is 2. The van der Waals surface area contributed by atoms with Gasteiger partial charge in [0.15, 0.2) is 4.90 Å². The lowest BCUT2D eigenvalue weighted by molar-refractivity contribution is -0.387. The summed E-state index contributed by atoms with van der Waals surface area (Å²) in [6, 6.07) is 12.2. The molecular weight excluding hydrogens is 376 g/mol. The van der Waals surface area contributed by atoms with Crippen molar-refractivity contribution in [1.82, 2.24) is 4.72 Å². The number of carbonyl (C=O) groups is 1. The molecule has 1 N–H and O–H groups in total. The summed E-state index contributed by atoms with van der Waals surface area (Å²) in [6.45, 7) is 0.985. The maximum Gasteiger partial charge on any atom is 0.321 e. The van der Waals surface area contributed by atoms with Crippen LogP contribution in [0.3, 0.4) is 0 Å². The summed E-state index contributed by atoms with van der Waals surface area (Å²) < 4.78 is 36.7. The lowest BCUT2D eigenvalue weighted by Gasteiger charge is -2.14. The molecule has 9 nitrogen and oxygen atoms in total. The quantitative estimate of drug-likeness (QED) is 0.413. The van der Waals surface area contributed by atoms with E-state index in [0.29, 0.717) is 0 Å². The number of hydrogen-bond donors (Lipinski definition) is 1. The predicted octanol–water partition coefficient (Wildman–Crippen LogP) is 2.19. The molecule has 0 unspecified atom stereocenters. The zero-order chi connectivity index (χ0) is 20.0. The Labute approximate surface area is 156 Å². The van der Waals surface area contributed by atoms with Gasteiger partial charge in [-0.1, -0.05) is 30.3 Å². The van der Waals surface area contributed by atoms with E-state index in [1.807, 2.05) is 10.8 Å². The Morgan fingerprint density at radius 3 is 2.48 bits per heavy atom. The SMILES string of the molecule is COc1ccc(S(=O)(=O)NCC(=O)O[C@@H](C)c2ccccc2)c([N+](=O)[O-])c1. The van der Waals surface area contributed by atoms with Crippen LogP contribution in [-0.2, 0) is 19.6 Å². The second kappa shape index (κ2) is 8.60. The molecule has 0 radical (unpaired) electrons. The first-order valence-corrected chi connectivity index (χ1v) is 9.29. The van der Waals surface area contributed by atoms with Crippen LogP contribution in [0.5, 0.6) is 5.75 Å². The summed E-state index contributed by atoms with van der Waals surface area (Å²) in [7, 11) is -3.00. The number of esters is 1. The van der Waals surface area contributed by atoms with Crippen LogP contribution in [0.25, 0.3) is 0 Å². The van der Waals surface area contributed by atoms with E-state index in [1.165, 1.54) is 13.2 Å². The lowest BCUT2D eigenvalue weighted by atomic mass is 10.1. The van der Waals surface area contributed by atoms with Gasteiger partial charge in [-0.2, -0.15) is 4.72 Å². The first kappa shape index (κ1) is 20.3. The third kappa shape index (κ3) is 5.25. The molecule has 0 saturated carbocycles. The van der Waals surface area contributed by atoms with Crippen molar-refractivity contribution in [3.8, 4) is 5.75 Å². The fraction of sp³-hybridized carbons (Fsp3) is 0.235. The summed E-state index contributed by atoms with van der Waals surface area (Å²) >= 11 is 0. The number of nitrogens with one attached hydrogen (secondary N) is 1. The molecule has 0 aromatic heterocycles.